The van der Waals surface area contributed by atoms with Crippen LogP contribution in [0.25, 0.3) is 10.2 Å². The van der Waals surface area contributed by atoms with Crippen LogP contribution in [0.4, 0.5) is 4.79 Å². The zero-order valence-corrected chi connectivity index (χ0v) is 14.9. The lowest BCUT2D eigenvalue weighted by Gasteiger charge is -2.39. The molecule has 0 aliphatic carbocycles. The molecule has 4 nitrogen and oxygen atoms in total. The fourth-order valence-corrected chi connectivity index (χ4v) is 3.65. The Morgan fingerprint density at radius 1 is 1.43 bits per heavy atom. The lowest BCUT2D eigenvalue weighted by molar-refractivity contribution is 0.00365. The lowest BCUT2D eigenvalue weighted by Crippen LogP contribution is -2.44. The number of benzene rings is 1. The second-order valence-corrected chi connectivity index (χ2v) is 8.19. The van der Waals surface area contributed by atoms with E-state index in [1.165, 1.54) is 11.3 Å². The largest absolute Gasteiger partial charge is 0.444 e. The van der Waals surface area contributed by atoms with Crippen LogP contribution in [0, 0.1) is 5.92 Å². The van der Waals surface area contributed by atoms with Crippen LogP contribution in [0.15, 0.2) is 23.7 Å². The Labute approximate surface area is 142 Å². The van der Waals surface area contributed by atoms with Crippen molar-refractivity contribution in [2.75, 3.05) is 6.54 Å². The summed E-state index contributed by atoms with van der Waals surface area (Å²) in [7, 11) is 0. The monoisotopic (exact) mass is 333 g/mol. The van der Waals surface area contributed by atoms with Gasteiger partial charge in [0.2, 0.25) is 0 Å². The Hall–Kier alpha value is -1.62. The molecule has 124 valence electrons. The molecule has 0 spiro atoms. The number of carbonyl (C=O) groups excluding carboxylic acids is 1. The summed E-state index contributed by atoms with van der Waals surface area (Å²) < 4.78 is 14.3. The number of likely N-dealkylation sites (tertiary alicyclic amines) is 1. The van der Waals surface area contributed by atoms with Crippen LogP contribution in [0.5, 0.6) is 0 Å². The van der Waals surface area contributed by atoms with E-state index in [9.17, 15) is 4.79 Å². The molecule has 1 fully saturated rings. The van der Waals surface area contributed by atoms with Crippen molar-refractivity contribution in [3.63, 3.8) is 0 Å². The third kappa shape index (κ3) is 3.66. The number of hydrogen-bond donors (Lipinski definition) is 0. The molecule has 0 bridgehead atoms. The molecule has 1 aromatic heterocycles. The molecule has 3 rings (SSSR count). The minimum atomic E-state index is -0.499. The highest BCUT2D eigenvalue weighted by atomic mass is 32.1. The summed E-state index contributed by atoms with van der Waals surface area (Å²) >= 11 is 1.37. The van der Waals surface area contributed by atoms with E-state index in [2.05, 4.69) is 18.0 Å². The van der Waals surface area contributed by atoms with Gasteiger partial charge in [0.05, 0.1) is 23.1 Å². The van der Waals surface area contributed by atoms with E-state index >= 15 is 0 Å². The van der Waals surface area contributed by atoms with Gasteiger partial charge in [-0.25, -0.2) is 9.78 Å². The van der Waals surface area contributed by atoms with Gasteiger partial charge in [0.15, 0.2) is 0 Å². The molecular weight excluding hydrogens is 308 g/mol. The van der Waals surface area contributed by atoms with Gasteiger partial charge in [-0.05, 0) is 57.2 Å². The zero-order chi connectivity index (χ0) is 17.5. The number of rotatable bonds is 1. The van der Waals surface area contributed by atoms with Crippen LogP contribution < -0.4 is 0 Å². The topological polar surface area (TPSA) is 42.4 Å². The van der Waals surface area contributed by atoms with E-state index in [1.807, 2.05) is 37.8 Å². The van der Waals surface area contributed by atoms with Gasteiger partial charge in [-0.15, -0.1) is 11.3 Å². The Kier molecular flexibility index (Phi) is 3.97. The molecule has 2 atom stereocenters. The van der Waals surface area contributed by atoms with E-state index < -0.39 is 5.60 Å². The third-order valence-corrected chi connectivity index (χ3v) is 4.88. The maximum absolute atomic E-state index is 12.7. The van der Waals surface area contributed by atoms with Crippen molar-refractivity contribution in [2.24, 2.45) is 5.92 Å². The highest BCUT2D eigenvalue weighted by molar-refractivity contribution is 7.16. The molecule has 2 aromatic rings. The average Bonchev–Trinajstić information content (AvgIpc) is 2.84. The van der Waals surface area contributed by atoms with E-state index in [0.717, 1.165) is 28.6 Å². The van der Waals surface area contributed by atoms with Crippen LogP contribution in [0.2, 0.25) is 0 Å². The van der Waals surface area contributed by atoms with Gasteiger partial charge in [-0.2, -0.15) is 0 Å². The molecule has 0 saturated carbocycles. The lowest BCUT2D eigenvalue weighted by atomic mass is 9.90. The van der Waals surface area contributed by atoms with Crippen molar-refractivity contribution >= 4 is 27.6 Å². The SMILES string of the molecule is [2H]c1nc2cc([C@H]3CC[C@H](C)CN3C(=O)OC(C)(C)C)ccc2s1. The normalized spacial score (nSPS) is 23.0. The number of nitrogens with zero attached hydrogens (tertiary/aromatic N) is 2. The first-order valence-electron chi connectivity index (χ1n) is 8.59. The summed E-state index contributed by atoms with van der Waals surface area (Å²) in [5.74, 6) is 0.469. The maximum Gasteiger partial charge on any atom is 0.410 e. The van der Waals surface area contributed by atoms with Crippen LogP contribution in [-0.2, 0) is 4.74 Å². The summed E-state index contributed by atoms with van der Waals surface area (Å²) in [6.07, 6.45) is 1.76. The van der Waals surface area contributed by atoms with Crippen LogP contribution in [0.1, 0.15) is 53.5 Å². The maximum atomic E-state index is 12.7. The first-order chi connectivity index (χ1) is 11.2. The van der Waals surface area contributed by atoms with E-state index in [0.29, 0.717) is 17.9 Å². The molecule has 5 heteroatoms. The Balaban J connectivity index is 1.90. The molecule has 1 saturated heterocycles. The van der Waals surface area contributed by atoms with Gasteiger partial charge in [-0.3, -0.25) is 0 Å². The van der Waals surface area contributed by atoms with E-state index in [4.69, 9.17) is 6.11 Å². The van der Waals surface area contributed by atoms with Gasteiger partial charge in [-0.1, -0.05) is 13.0 Å². The predicted molar refractivity (Wildman–Crippen MR) is 93.7 cm³/mol. The predicted octanol–water partition coefficient (Wildman–Crippen LogP) is 5.00. The molecular formula is C18H24N2O2S. The molecule has 0 N–H and O–H groups in total. The quantitative estimate of drug-likeness (QED) is 0.737. The number of carbonyl (C=O) groups is 1. The van der Waals surface area contributed by atoms with Gasteiger partial charge >= 0.3 is 6.09 Å². The number of aromatic nitrogens is 1. The summed E-state index contributed by atoms with van der Waals surface area (Å²) in [5.41, 5.74) is 1.74. The molecule has 1 amide bonds. The van der Waals surface area contributed by atoms with Crippen LogP contribution >= 0.6 is 11.3 Å². The Morgan fingerprint density at radius 2 is 2.22 bits per heavy atom. The van der Waals surface area contributed by atoms with Gasteiger partial charge in [0.25, 0.3) is 0 Å². The van der Waals surface area contributed by atoms with Gasteiger partial charge in [0.1, 0.15) is 5.60 Å². The second-order valence-electron chi connectivity index (χ2n) is 7.36. The molecule has 1 aliphatic heterocycles. The summed E-state index contributed by atoms with van der Waals surface area (Å²) in [6, 6.07) is 6.09. The number of ether oxygens (including phenoxy) is 1. The molecule has 23 heavy (non-hydrogen) atoms. The Bertz CT molecular complexity index is 753. The van der Waals surface area contributed by atoms with Crippen LogP contribution in [-0.4, -0.2) is 28.1 Å². The summed E-state index contributed by atoms with van der Waals surface area (Å²) in [6.45, 7) is 8.56. The van der Waals surface area contributed by atoms with Crippen LogP contribution in [0.3, 0.4) is 0 Å². The fourth-order valence-electron chi connectivity index (χ4n) is 3.06. The van der Waals surface area contributed by atoms with Crippen molar-refractivity contribution in [2.45, 2.75) is 52.2 Å². The molecule has 1 aromatic carbocycles. The number of amides is 1. The van der Waals surface area contributed by atoms with Crippen molar-refractivity contribution in [3.8, 4) is 0 Å². The summed E-state index contributed by atoms with van der Waals surface area (Å²) in [4.78, 5) is 18.8. The van der Waals surface area contributed by atoms with Crippen molar-refractivity contribution in [3.05, 3.63) is 29.2 Å². The van der Waals surface area contributed by atoms with Crippen molar-refractivity contribution in [1.82, 2.24) is 9.88 Å². The molecule has 0 unspecified atom stereocenters. The third-order valence-electron chi connectivity index (χ3n) is 4.13. The second kappa shape index (κ2) is 6.11. The number of fused-ring (bicyclic) bond motifs is 1. The van der Waals surface area contributed by atoms with Gasteiger partial charge < -0.3 is 9.64 Å². The summed E-state index contributed by atoms with van der Waals surface area (Å²) in [5, 5.41) is 0. The number of thiazole rings is 1. The smallest absolute Gasteiger partial charge is 0.410 e. The van der Waals surface area contributed by atoms with E-state index in [1.54, 1.807) is 0 Å². The Morgan fingerprint density at radius 3 is 2.96 bits per heavy atom. The average molecular weight is 333 g/mol. The highest BCUT2D eigenvalue weighted by Gasteiger charge is 2.34. The minimum Gasteiger partial charge on any atom is -0.444 e. The number of hydrogen-bond acceptors (Lipinski definition) is 4. The standard InChI is InChI=1S/C18H24N2O2S/c1-12-5-7-15(20(10-12)17(21)22-18(2,3)4)13-6-8-16-14(9-13)19-11-23-16/h6,8-9,11-12,15H,5,7,10H2,1-4H3/t12-,15+/m0/s1/i11D. The zero-order valence-electron chi connectivity index (χ0n) is 15.1. The number of piperidine rings is 1. The van der Waals surface area contributed by atoms with E-state index in [-0.39, 0.29) is 12.1 Å². The molecule has 0 radical (unpaired) electrons. The molecule has 2 heterocycles. The minimum absolute atomic E-state index is 0.0105. The van der Waals surface area contributed by atoms with Gasteiger partial charge in [0, 0.05) is 6.54 Å². The van der Waals surface area contributed by atoms with Crippen molar-refractivity contribution < 1.29 is 10.9 Å². The molecule has 1 aliphatic rings. The first kappa shape index (κ1) is 14.9. The fraction of sp³-hybridized carbons (Fsp3) is 0.556. The van der Waals surface area contributed by atoms with Crippen molar-refractivity contribution in [1.29, 1.82) is 0 Å². The first-order valence-corrected chi connectivity index (χ1v) is 8.91. The highest BCUT2D eigenvalue weighted by Crippen LogP contribution is 2.35.